The third kappa shape index (κ3) is 1.70. The van der Waals surface area contributed by atoms with Gasteiger partial charge in [-0.1, -0.05) is 19.1 Å². The van der Waals surface area contributed by atoms with Crippen LogP contribution < -0.4 is 0 Å². The predicted molar refractivity (Wildman–Crippen MR) is 65.0 cm³/mol. The molecule has 0 radical (unpaired) electrons. The third-order valence-electron chi connectivity index (χ3n) is 4.98. The Morgan fingerprint density at radius 2 is 1.94 bits per heavy atom. The van der Waals surface area contributed by atoms with Crippen LogP contribution in [-0.4, -0.2) is 5.11 Å². The van der Waals surface area contributed by atoms with E-state index >= 15 is 0 Å². The van der Waals surface area contributed by atoms with Crippen LogP contribution in [0.15, 0.2) is 24.3 Å². The Hall–Kier alpha value is -0.890. The normalized spacial score (nSPS) is 37.4. The molecule has 2 heteroatoms. The zero-order valence-electron chi connectivity index (χ0n) is 10.2. The fourth-order valence-electron chi connectivity index (χ4n) is 3.96. The minimum absolute atomic E-state index is 0.0164. The van der Waals surface area contributed by atoms with Gasteiger partial charge in [0.1, 0.15) is 5.82 Å². The van der Waals surface area contributed by atoms with Crippen LogP contribution >= 0.6 is 0 Å². The lowest BCUT2D eigenvalue weighted by molar-refractivity contribution is 0.0295. The highest BCUT2D eigenvalue weighted by atomic mass is 19.1. The van der Waals surface area contributed by atoms with Crippen molar-refractivity contribution >= 4 is 0 Å². The maximum atomic E-state index is 13.2. The van der Waals surface area contributed by atoms with Crippen molar-refractivity contribution in [1.29, 1.82) is 0 Å². The number of rotatable bonds is 2. The van der Waals surface area contributed by atoms with Gasteiger partial charge in [0.2, 0.25) is 0 Å². The highest BCUT2D eigenvalue weighted by molar-refractivity contribution is 5.23. The number of fused-ring (bicyclic) bond motifs is 2. The van der Waals surface area contributed by atoms with Gasteiger partial charge < -0.3 is 5.11 Å². The van der Waals surface area contributed by atoms with Gasteiger partial charge in [0.25, 0.3) is 0 Å². The first-order valence-electron chi connectivity index (χ1n) is 6.47. The number of hydrogen-bond donors (Lipinski definition) is 1. The lowest BCUT2D eigenvalue weighted by Crippen LogP contribution is -2.24. The van der Waals surface area contributed by atoms with Crippen molar-refractivity contribution in [3.8, 4) is 0 Å². The molecule has 92 valence electrons. The summed E-state index contributed by atoms with van der Waals surface area (Å²) in [5.74, 6) is -0.253. The number of benzene rings is 1. The summed E-state index contributed by atoms with van der Waals surface area (Å²) in [4.78, 5) is 0. The van der Waals surface area contributed by atoms with Gasteiger partial charge in [0.05, 0.1) is 6.10 Å². The summed E-state index contributed by atoms with van der Waals surface area (Å²) in [6.07, 6.45) is 5.18. The van der Waals surface area contributed by atoms with Crippen LogP contribution in [0, 0.1) is 16.6 Å². The van der Waals surface area contributed by atoms with Gasteiger partial charge in [-0.3, -0.25) is 0 Å². The molecule has 0 unspecified atom stereocenters. The summed E-state index contributed by atoms with van der Waals surface area (Å²) in [5, 5.41) is 10.6. The molecule has 3 rings (SSSR count). The Balaban J connectivity index is 1.90. The smallest absolute Gasteiger partial charge is 0.123 e. The number of hydrogen-bond acceptors (Lipinski definition) is 1. The van der Waals surface area contributed by atoms with E-state index in [2.05, 4.69) is 6.92 Å². The van der Waals surface area contributed by atoms with Gasteiger partial charge in [-0.15, -0.1) is 0 Å². The highest BCUT2D eigenvalue weighted by Gasteiger charge is 2.55. The molecular weight excluding hydrogens is 215 g/mol. The molecule has 0 amide bonds. The molecule has 2 bridgehead atoms. The number of aliphatic hydroxyl groups is 1. The molecule has 1 nitrogen and oxygen atoms in total. The summed E-state index contributed by atoms with van der Waals surface area (Å²) in [6, 6.07) is 6.44. The van der Waals surface area contributed by atoms with Crippen LogP contribution in [0.3, 0.4) is 0 Å². The minimum Gasteiger partial charge on any atom is -0.388 e. The first-order valence-corrected chi connectivity index (χ1v) is 6.47. The van der Waals surface area contributed by atoms with E-state index in [1.54, 1.807) is 6.07 Å². The third-order valence-corrected chi connectivity index (χ3v) is 4.98. The zero-order valence-corrected chi connectivity index (χ0v) is 10.2. The van der Waals surface area contributed by atoms with Gasteiger partial charge in [-0.25, -0.2) is 4.39 Å². The summed E-state index contributed by atoms with van der Waals surface area (Å²) < 4.78 is 13.2. The molecule has 0 spiro atoms. The molecule has 0 saturated heterocycles. The Labute approximate surface area is 102 Å². The molecule has 2 fully saturated rings. The van der Waals surface area contributed by atoms with Crippen molar-refractivity contribution < 1.29 is 9.50 Å². The maximum absolute atomic E-state index is 13.2. The Morgan fingerprint density at radius 3 is 2.47 bits per heavy atom. The van der Waals surface area contributed by atoms with Gasteiger partial charge in [-0.2, -0.15) is 0 Å². The lowest BCUT2D eigenvalue weighted by atomic mass is 9.76. The van der Waals surface area contributed by atoms with Crippen molar-refractivity contribution in [2.24, 2.45) is 10.8 Å². The summed E-state index contributed by atoms with van der Waals surface area (Å²) in [6.45, 7) is 2.32. The second kappa shape index (κ2) is 3.55. The fourth-order valence-corrected chi connectivity index (χ4v) is 3.96. The van der Waals surface area contributed by atoms with E-state index in [0.717, 1.165) is 24.8 Å². The van der Waals surface area contributed by atoms with Crippen molar-refractivity contribution in [2.75, 3.05) is 0 Å². The van der Waals surface area contributed by atoms with Crippen LogP contribution in [0.4, 0.5) is 4.39 Å². The molecule has 17 heavy (non-hydrogen) atoms. The predicted octanol–water partition coefficient (Wildman–Crippen LogP) is 3.83. The first kappa shape index (κ1) is 11.2. The van der Waals surface area contributed by atoms with Crippen LogP contribution in [0.1, 0.15) is 50.7 Å². The molecule has 0 aromatic heterocycles. The van der Waals surface area contributed by atoms with E-state index in [1.807, 2.05) is 6.07 Å². The standard InChI is InChI=1S/C15H19FO/c1-14-5-7-15(10-14,8-6-14)13(17)11-3-2-4-12(16)9-11/h2-4,9,13,17H,5-8,10H2,1H3/t13-,14?,15?/m1/s1. The van der Waals surface area contributed by atoms with Crippen molar-refractivity contribution in [3.63, 3.8) is 0 Å². The van der Waals surface area contributed by atoms with Crippen LogP contribution in [0.25, 0.3) is 0 Å². The molecule has 2 saturated carbocycles. The van der Waals surface area contributed by atoms with E-state index in [1.165, 1.54) is 25.0 Å². The minimum atomic E-state index is -0.498. The van der Waals surface area contributed by atoms with Gasteiger partial charge in [-0.05, 0) is 55.2 Å². The van der Waals surface area contributed by atoms with E-state index in [9.17, 15) is 9.50 Å². The monoisotopic (exact) mass is 234 g/mol. The number of aliphatic hydroxyl groups excluding tert-OH is 1. The van der Waals surface area contributed by atoms with Crippen molar-refractivity contribution in [1.82, 2.24) is 0 Å². The molecule has 2 aliphatic carbocycles. The van der Waals surface area contributed by atoms with E-state index < -0.39 is 6.10 Å². The molecule has 0 aliphatic heterocycles. The Bertz CT molecular complexity index is 432. The Kier molecular flexibility index (Phi) is 2.34. The van der Waals surface area contributed by atoms with E-state index in [0.29, 0.717) is 5.41 Å². The van der Waals surface area contributed by atoms with Crippen LogP contribution in [0.2, 0.25) is 0 Å². The summed E-state index contributed by atoms with van der Waals surface area (Å²) in [5.41, 5.74) is 1.19. The first-order chi connectivity index (χ1) is 8.03. The fraction of sp³-hybridized carbons (Fsp3) is 0.600. The van der Waals surface area contributed by atoms with E-state index in [4.69, 9.17) is 0 Å². The van der Waals surface area contributed by atoms with Crippen molar-refractivity contribution in [2.45, 2.75) is 45.1 Å². The molecule has 0 heterocycles. The average molecular weight is 234 g/mol. The zero-order chi connectivity index (χ0) is 12.1. The second-order valence-electron chi connectivity index (χ2n) is 6.31. The molecule has 1 N–H and O–H groups in total. The second-order valence-corrected chi connectivity index (χ2v) is 6.31. The number of halogens is 1. The lowest BCUT2D eigenvalue weighted by Gasteiger charge is -2.32. The van der Waals surface area contributed by atoms with Gasteiger partial charge >= 0.3 is 0 Å². The molecule has 2 aliphatic rings. The summed E-state index contributed by atoms with van der Waals surface area (Å²) in [7, 11) is 0. The van der Waals surface area contributed by atoms with Gasteiger partial charge in [0.15, 0.2) is 0 Å². The SMILES string of the molecule is CC12CCC([C@H](O)c3cccc(F)c3)(CC1)C2. The maximum Gasteiger partial charge on any atom is 0.123 e. The Morgan fingerprint density at radius 1 is 1.24 bits per heavy atom. The summed E-state index contributed by atoms with van der Waals surface area (Å²) >= 11 is 0. The van der Waals surface area contributed by atoms with Crippen molar-refractivity contribution in [3.05, 3.63) is 35.6 Å². The largest absolute Gasteiger partial charge is 0.388 e. The molecule has 1 atom stereocenters. The highest BCUT2D eigenvalue weighted by Crippen LogP contribution is 2.65. The van der Waals surface area contributed by atoms with E-state index in [-0.39, 0.29) is 11.2 Å². The topological polar surface area (TPSA) is 20.2 Å². The quantitative estimate of drug-likeness (QED) is 0.824. The van der Waals surface area contributed by atoms with Crippen LogP contribution in [0.5, 0.6) is 0 Å². The van der Waals surface area contributed by atoms with Gasteiger partial charge in [0, 0.05) is 5.41 Å². The molecule has 1 aromatic rings. The molecular formula is C15H19FO. The molecule has 1 aromatic carbocycles. The average Bonchev–Trinajstić information content (AvgIpc) is 2.83. The van der Waals surface area contributed by atoms with Crippen LogP contribution in [-0.2, 0) is 0 Å².